The molecule has 0 saturated carbocycles. The van der Waals surface area contributed by atoms with E-state index in [4.69, 9.17) is 25.8 Å². The van der Waals surface area contributed by atoms with E-state index in [2.05, 4.69) is 57.5 Å². The molecule has 382 valence electrons. The standard InChI is InChI=1S/C53H76ClN3O8S4/c1-38-24-26-42(27-25-38)53(41-18-11-10-12-19-41,44-21-13-14-22-45(44)54)65-48(60)28-32-64-33-30-56-49(61)40(37-67-69-52(5,6)7)35-47(59)46(23-15-16-29-55-8)57-50(62)39(36-66-68-51(2,3)4)34-43(58)20-17-31-63-9/h10-14,18-19,21-22,24-27,39-40,46,55H,15-17,20,23,28-37H2,1-9H3,(H,56,61)(H,57,62)/t39-,40-,46-,53?/m0/s1. The van der Waals surface area contributed by atoms with E-state index < -0.39 is 29.4 Å². The van der Waals surface area contributed by atoms with Crippen LogP contribution >= 0.6 is 54.8 Å². The molecule has 3 aromatic carbocycles. The average Bonchev–Trinajstić information content (AvgIpc) is 3.29. The minimum Gasteiger partial charge on any atom is -0.444 e. The van der Waals surface area contributed by atoms with Crippen molar-refractivity contribution in [1.82, 2.24) is 16.0 Å². The Morgan fingerprint density at radius 2 is 1.29 bits per heavy atom. The van der Waals surface area contributed by atoms with E-state index in [1.165, 1.54) is 10.8 Å². The molecule has 4 atom stereocenters. The van der Waals surface area contributed by atoms with E-state index in [9.17, 15) is 24.0 Å². The minimum atomic E-state index is -1.34. The quantitative estimate of drug-likeness (QED) is 0.0230. The molecule has 11 nitrogen and oxygen atoms in total. The predicted molar refractivity (Wildman–Crippen MR) is 290 cm³/mol. The van der Waals surface area contributed by atoms with E-state index in [1.54, 1.807) is 45.6 Å². The molecule has 2 amide bonds. The second-order valence-electron chi connectivity index (χ2n) is 19.0. The SMILES string of the molecule is CNCCCC[C@H](NC(=O)[C@H](CSSC(C)(C)C)CC(=O)CCCOC)C(=O)C[C@@H](CSSC(C)(C)C)C(=O)NCCOCCC(=O)OC(c1ccccc1)(c1ccc(C)cc1)c1ccccc1Cl. The van der Waals surface area contributed by atoms with Crippen molar-refractivity contribution in [2.45, 2.75) is 121 Å². The van der Waals surface area contributed by atoms with Gasteiger partial charge >= 0.3 is 5.97 Å². The zero-order valence-electron chi connectivity index (χ0n) is 42.1. The van der Waals surface area contributed by atoms with Gasteiger partial charge in [-0.15, -0.1) is 0 Å². The van der Waals surface area contributed by atoms with Gasteiger partial charge in [0.25, 0.3) is 0 Å². The van der Waals surface area contributed by atoms with Crippen LogP contribution in [-0.2, 0) is 43.8 Å². The molecule has 0 bridgehead atoms. The second-order valence-corrected chi connectivity index (χ2v) is 25.8. The highest BCUT2D eigenvalue weighted by molar-refractivity contribution is 8.77. The van der Waals surface area contributed by atoms with Crippen molar-refractivity contribution in [3.05, 3.63) is 106 Å². The smallest absolute Gasteiger partial charge is 0.309 e. The molecule has 0 radical (unpaired) electrons. The maximum atomic E-state index is 14.3. The van der Waals surface area contributed by atoms with Gasteiger partial charge in [0, 0.05) is 82.2 Å². The lowest BCUT2D eigenvalue weighted by atomic mass is 9.79. The number of benzene rings is 3. The molecule has 3 N–H and O–H groups in total. The van der Waals surface area contributed by atoms with Crippen molar-refractivity contribution in [1.29, 1.82) is 0 Å². The van der Waals surface area contributed by atoms with Crippen LogP contribution in [0.4, 0.5) is 0 Å². The number of esters is 1. The Morgan fingerprint density at radius 1 is 0.681 bits per heavy atom. The first-order valence-electron chi connectivity index (χ1n) is 23.8. The molecule has 0 fully saturated rings. The van der Waals surface area contributed by atoms with Crippen LogP contribution in [0.3, 0.4) is 0 Å². The fourth-order valence-corrected chi connectivity index (χ4v) is 12.7. The molecule has 0 aromatic heterocycles. The summed E-state index contributed by atoms with van der Waals surface area (Å²) in [5.41, 5.74) is 1.83. The van der Waals surface area contributed by atoms with Crippen molar-refractivity contribution in [3.63, 3.8) is 0 Å². The molecule has 0 aliphatic carbocycles. The van der Waals surface area contributed by atoms with Crippen molar-refractivity contribution in [2.75, 3.05) is 58.6 Å². The summed E-state index contributed by atoms with van der Waals surface area (Å²) in [6.07, 6.45) is 2.73. The number of amides is 2. The van der Waals surface area contributed by atoms with Crippen LogP contribution in [0.25, 0.3) is 0 Å². The number of methoxy groups -OCH3 is 1. The Kier molecular flexibility index (Phi) is 27.5. The summed E-state index contributed by atoms with van der Waals surface area (Å²) in [5, 5.41) is 9.59. The van der Waals surface area contributed by atoms with Gasteiger partial charge in [0.05, 0.1) is 37.5 Å². The van der Waals surface area contributed by atoms with Crippen LogP contribution in [0.5, 0.6) is 0 Å². The third-order valence-corrected chi connectivity index (χ3v) is 17.8. The third kappa shape index (κ3) is 22.5. The van der Waals surface area contributed by atoms with Crippen LogP contribution in [0.2, 0.25) is 5.02 Å². The second kappa shape index (κ2) is 31.4. The molecular weight excluding hydrogens is 970 g/mol. The molecule has 0 aliphatic rings. The first-order chi connectivity index (χ1) is 32.8. The molecule has 0 spiro atoms. The van der Waals surface area contributed by atoms with Gasteiger partial charge in [-0.25, -0.2) is 0 Å². The van der Waals surface area contributed by atoms with Crippen molar-refractivity contribution >= 4 is 84.1 Å². The number of aryl methyl sites for hydroxylation is 1. The number of nitrogens with one attached hydrogen (secondary N) is 3. The van der Waals surface area contributed by atoms with Gasteiger partial charge in [0.1, 0.15) is 5.78 Å². The Bertz CT molecular complexity index is 2030. The van der Waals surface area contributed by atoms with Crippen LogP contribution in [0, 0.1) is 18.8 Å². The van der Waals surface area contributed by atoms with Crippen LogP contribution in [0.15, 0.2) is 78.9 Å². The summed E-state index contributed by atoms with van der Waals surface area (Å²) >= 11 is 6.84. The third-order valence-electron chi connectivity index (χ3n) is 10.7. The zero-order chi connectivity index (χ0) is 50.9. The summed E-state index contributed by atoms with van der Waals surface area (Å²) in [5.74, 6) is -1.86. The first kappa shape index (κ1) is 60.3. The number of ketones is 2. The molecule has 3 aromatic rings. The summed E-state index contributed by atoms with van der Waals surface area (Å²) in [6, 6.07) is 23.9. The lowest BCUT2D eigenvalue weighted by molar-refractivity contribution is -0.154. The summed E-state index contributed by atoms with van der Waals surface area (Å²) in [7, 11) is 9.85. The summed E-state index contributed by atoms with van der Waals surface area (Å²) in [6.45, 7) is 16.1. The zero-order valence-corrected chi connectivity index (χ0v) is 46.1. The lowest BCUT2D eigenvalue weighted by Crippen LogP contribution is -2.46. The number of rotatable bonds is 33. The van der Waals surface area contributed by atoms with Gasteiger partial charge < -0.3 is 30.2 Å². The van der Waals surface area contributed by atoms with Gasteiger partial charge in [0.15, 0.2) is 11.4 Å². The number of carbonyl (C=O) groups is 5. The molecule has 69 heavy (non-hydrogen) atoms. The topological polar surface area (TPSA) is 149 Å². The van der Waals surface area contributed by atoms with Crippen LogP contribution < -0.4 is 16.0 Å². The fourth-order valence-electron chi connectivity index (χ4n) is 7.20. The highest BCUT2D eigenvalue weighted by atomic mass is 35.5. The van der Waals surface area contributed by atoms with Crippen molar-refractivity contribution < 1.29 is 38.2 Å². The molecule has 3 rings (SSSR count). The molecule has 0 heterocycles. The Morgan fingerprint density at radius 3 is 1.90 bits per heavy atom. The predicted octanol–water partition coefficient (Wildman–Crippen LogP) is 10.8. The number of Topliss-reactive ketones (excluding diaryl/α,β-unsaturated/α-hetero) is 2. The van der Waals surface area contributed by atoms with Crippen molar-refractivity contribution in [2.24, 2.45) is 11.8 Å². The maximum absolute atomic E-state index is 14.3. The van der Waals surface area contributed by atoms with Crippen LogP contribution in [-0.4, -0.2) is 103 Å². The average molecular weight is 1050 g/mol. The normalized spacial score (nSPS) is 14.0. The van der Waals surface area contributed by atoms with Crippen LogP contribution in [0.1, 0.15) is 115 Å². The maximum Gasteiger partial charge on any atom is 0.309 e. The molecular formula is C53H76ClN3O8S4. The van der Waals surface area contributed by atoms with E-state index in [1.807, 2.05) is 86.8 Å². The molecule has 0 aliphatic heterocycles. The Hall–Kier alpha value is -3.02. The molecule has 16 heteroatoms. The van der Waals surface area contributed by atoms with Gasteiger partial charge in [-0.3, -0.25) is 24.0 Å². The highest BCUT2D eigenvalue weighted by Crippen LogP contribution is 2.44. The Labute approximate surface area is 433 Å². The number of ether oxygens (including phenoxy) is 3. The fraction of sp³-hybridized carbons (Fsp3) is 0.566. The summed E-state index contributed by atoms with van der Waals surface area (Å²) < 4.78 is 17.4. The number of hydrogen-bond acceptors (Lipinski definition) is 13. The van der Waals surface area contributed by atoms with E-state index >= 15 is 0 Å². The Balaban J connectivity index is 1.71. The number of halogens is 1. The number of unbranched alkanes of at least 4 members (excludes halogenated alkanes) is 1. The lowest BCUT2D eigenvalue weighted by Gasteiger charge is -2.36. The van der Waals surface area contributed by atoms with E-state index in [-0.39, 0.29) is 71.9 Å². The van der Waals surface area contributed by atoms with Gasteiger partial charge in [-0.1, -0.05) is 175 Å². The molecule has 1 unspecified atom stereocenters. The monoisotopic (exact) mass is 1050 g/mol. The van der Waals surface area contributed by atoms with E-state index in [0.29, 0.717) is 54.4 Å². The van der Waals surface area contributed by atoms with E-state index in [0.717, 1.165) is 29.7 Å². The largest absolute Gasteiger partial charge is 0.444 e. The van der Waals surface area contributed by atoms with Gasteiger partial charge in [0.2, 0.25) is 11.8 Å². The van der Waals surface area contributed by atoms with Gasteiger partial charge in [-0.05, 0) is 52.3 Å². The van der Waals surface area contributed by atoms with Gasteiger partial charge in [-0.2, -0.15) is 0 Å². The minimum absolute atomic E-state index is 0.0175. The summed E-state index contributed by atoms with van der Waals surface area (Å²) in [4.78, 5) is 69.0. The first-order valence-corrected chi connectivity index (χ1v) is 28.9. The number of hydrogen-bond donors (Lipinski definition) is 3. The highest BCUT2D eigenvalue weighted by Gasteiger charge is 2.42. The van der Waals surface area contributed by atoms with Crippen molar-refractivity contribution in [3.8, 4) is 0 Å². The molecule has 0 saturated heterocycles. The number of carbonyl (C=O) groups excluding carboxylic acids is 5.